The molecule has 0 amide bonds. The van der Waals surface area contributed by atoms with E-state index < -0.39 is 0 Å². The summed E-state index contributed by atoms with van der Waals surface area (Å²) < 4.78 is 0. The standard InChI is InChI=1S/C21H15N/c1-2-6-17-14(5-1)9-10-15-11-12-16-13-22-19-8-4-3-7-18(19)21(16)20(15)17/h1-10,13H,11-12H2. The van der Waals surface area contributed by atoms with E-state index in [1.165, 1.54) is 38.4 Å². The van der Waals surface area contributed by atoms with Crippen molar-refractivity contribution in [2.75, 3.05) is 0 Å². The average molecular weight is 281 g/mol. The Morgan fingerprint density at radius 2 is 1.36 bits per heavy atom. The first kappa shape index (κ1) is 11.9. The highest BCUT2D eigenvalue weighted by Crippen LogP contribution is 2.41. The molecule has 0 bridgehead atoms. The van der Waals surface area contributed by atoms with Crippen molar-refractivity contribution in [3.05, 3.63) is 78.0 Å². The van der Waals surface area contributed by atoms with E-state index in [2.05, 4.69) is 71.8 Å². The minimum Gasteiger partial charge on any atom is -0.256 e. The van der Waals surface area contributed by atoms with Crippen molar-refractivity contribution in [3.63, 3.8) is 0 Å². The Morgan fingerprint density at radius 1 is 0.636 bits per heavy atom. The number of para-hydroxylation sites is 1. The molecule has 1 nitrogen and oxygen atoms in total. The Hall–Kier alpha value is -2.67. The van der Waals surface area contributed by atoms with Crippen LogP contribution in [0, 0.1) is 0 Å². The van der Waals surface area contributed by atoms with E-state index in [-0.39, 0.29) is 0 Å². The molecule has 0 radical (unpaired) electrons. The summed E-state index contributed by atoms with van der Waals surface area (Å²) in [5.41, 5.74) is 6.73. The van der Waals surface area contributed by atoms with Gasteiger partial charge in [0, 0.05) is 11.6 Å². The zero-order valence-electron chi connectivity index (χ0n) is 12.2. The third kappa shape index (κ3) is 1.57. The van der Waals surface area contributed by atoms with Crippen LogP contribution in [0.2, 0.25) is 0 Å². The van der Waals surface area contributed by atoms with Crippen LogP contribution in [0.3, 0.4) is 0 Å². The molecule has 0 atom stereocenters. The molecular formula is C21H15N. The fourth-order valence-corrected chi connectivity index (χ4v) is 3.76. The zero-order chi connectivity index (χ0) is 14.5. The van der Waals surface area contributed by atoms with Gasteiger partial charge in [-0.05, 0) is 51.9 Å². The van der Waals surface area contributed by atoms with Crippen LogP contribution in [-0.4, -0.2) is 4.98 Å². The van der Waals surface area contributed by atoms with Gasteiger partial charge >= 0.3 is 0 Å². The predicted octanol–water partition coefficient (Wildman–Crippen LogP) is 5.15. The van der Waals surface area contributed by atoms with Gasteiger partial charge in [-0.1, -0.05) is 54.6 Å². The summed E-state index contributed by atoms with van der Waals surface area (Å²) in [6.07, 6.45) is 4.26. The van der Waals surface area contributed by atoms with Gasteiger partial charge in [0.1, 0.15) is 0 Å². The maximum absolute atomic E-state index is 4.65. The van der Waals surface area contributed by atoms with Crippen LogP contribution in [0.25, 0.3) is 32.8 Å². The molecule has 22 heavy (non-hydrogen) atoms. The average Bonchev–Trinajstić information content (AvgIpc) is 2.60. The molecule has 0 spiro atoms. The van der Waals surface area contributed by atoms with Crippen molar-refractivity contribution in [3.8, 4) is 11.1 Å². The van der Waals surface area contributed by atoms with E-state index in [0.29, 0.717) is 0 Å². The van der Waals surface area contributed by atoms with Crippen LogP contribution < -0.4 is 0 Å². The highest BCUT2D eigenvalue weighted by molar-refractivity contribution is 6.07. The second kappa shape index (κ2) is 4.41. The molecule has 0 unspecified atom stereocenters. The number of hydrogen-bond donors (Lipinski definition) is 0. The van der Waals surface area contributed by atoms with Gasteiger partial charge in [-0.15, -0.1) is 0 Å². The molecule has 1 heterocycles. The first-order chi connectivity index (χ1) is 10.9. The summed E-state index contributed by atoms with van der Waals surface area (Å²) in [5.74, 6) is 0. The number of rotatable bonds is 0. The van der Waals surface area contributed by atoms with Gasteiger partial charge in [-0.25, -0.2) is 0 Å². The molecule has 0 aliphatic heterocycles. The number of aromatic nitrogens is 1. The number of pyridine rings is 1. The Morgan fingerprint density at radius 3 is 2.32 bits per heavy atom. The van der Waals surface area contributed by atoms with Gasteiger partial charge in [0.25, 0.3) is 0 Å². The van der Waals surface area contributed by atoms with Crippen molar-refractivity contribution >= 4 is 21.7 Å². The monoisotopic (exact) mass is 281 g/mol. The van der Waals surface area contributed by atoms with Gasteiger partial charge in [-0.2, -0.15) is 0 Å². The molecule has 0 fully saturated rings. The Bertz CT molecular complexity index is 945. The third-order valence-corrected chi connectivity index (χ3v) is 4.78. The van der Waals surface area contributed by atoms with Crippen LogP contribution in [-0.2, 0) is 12.8 Å². The van der Waals surface area contributed by atoms with E-state index in [1.54, 1.807) is 0 Å². The third-order valence-electron chi connectivity index (χ3n) is 4.78. The molecule has 5 rings (SSSR count). The number of aryl methyl sites for hydroxylation is 2. The smallest absolute Gasteiger partial charge is 0.0708 e. The number of benzene rings is 3. The highest BCUT2D eigenvalue weighted by Gasteiger charge is 2.20. The molecule has 1 aromatic heterocycles. The van der Waals surface area contributed by atoms with E-state index in [4.69, 9.17) is 0 Å². The molecule has 4 aromatic rings. The summed E-state index contributed by atoms with van der Waals surface area (Å²) >= 11 is 0. The van der Waals surface area contributed by atoms with Gasteiger partial charge in [-0.3, -0.25) is 4.98 Å². The summed E-state index contributed by atoms with van der Waals surface area (Å²) in [6.45, 7) is 0. The van der Waals surface area contributed by atoms with Crippen LogP contribution >= 0.6 is 0 Å². The lowest BCUT2D eigenvalue weighted by molar-refractivity contribution is 0.940. The minimum absolute atomic E-state index is 1.08. The van der Waals surface area contributed by atoms with Crippen LogP contribution in [0.1, 0.15) is 11.1 Å². The molecule has 3 aromatic carbocycles. The molecule has 0 saturated heterocycles. The van der Waals surface area contributed by atoms with E-state index in [9.17, 15) is 0 Å². The van der Waals surface area contributed by atoms with Crippen LogP contribution in [0.5, 0.6) is 0 Å². The molecule has 1 aliphatic carbocycles. The molecular weight excluding hydrogens is 266 g/mol. The van der Waals surface area contributed by atoms with Crippen molar-refractivity contribution in [1.29, 1.82) is 0 Å². The maximum Gasteiger partial charge on any atom is 0.0708 e. The summed E-state index contributed by atoms with van der Waals surface area (Å²) in [6, 6.07) is 21.7. The van der Waals surface area contributed by atoms with Crippen LogP contribution in [0.4, 0.5) is 0 Å². The predicted molar refractivity (Wildman–Crippen MR) is 92.1 cm³/mol. The summed E-state index contributed by atoms with van der Waals surface area (Å²) in [7, 11) is 0. The number of nitrogens with zero attached hydrogens (tertiary/aromatic N) is 1. The first-order valence-electron chi connectivity index (χ1n) is 7.79. The van der Waals surface area contributed by atoms with Crippen molar-refractivity contribution in [2.24, 2.45) is 0 Å². The Balaban J connectivity index is 2.00. The van der Waals surface area contributed by atoms with Crippen molar-refractivity contribution in [1.82, 2.24) is 4.98 Å². The lowest BCUT2D eigenvalue weighted by atomic mass is 9.82. The molecule has 104 valence electrons. The van der Waals surface area contributed by atoms with Gasteiger partial charge in [0.05, 0.1) is 5.52 Å². The van der Waals surface area contributed by atoms with Gasteiger partial charge < -0.3 is 0 Å². The lowest BCUT2D eigenvalue weighted by Gasteiger charge is -2.23. The maximum atomic E-state index is 4.65. The topological polar surface area (TPSA) is 12.9 Å². The van der Waals surface area contributed by atoms with Crippen LogP contribution in [0.15, 0.2) is 66.9 Å². The SMILES string of the molecule is c1ccc2c3c(ccc2c1)CCc1cnc2ccccc2c1-3. The van der Waals surface area contributed by atoms with E-state index in [1.807, 2.05) is 0 Å². The number of hydrogen-bond acceptors (Lipinski definition) is 1. The molecule has 0 saturated carbocycles. The molecule has 1 aliphatic rings. The fraction of sp³-hybridized carbons (Fsp3) is 0.0952. The number of fused-ring (bicyclic) bond motifs is 7. The first-order valence-corrected chi connectivity index (χ1v) is 7.79. The largest absolute Gasteiger partial charge is 0.256 e. The van der Waals surface area contributed by atoms with Gasteiger partial charge in [0.2, 0.25) is 0 Å². The molecule has 1 heteroatoms. The quantitative estimate of drug-likeness (QED) is 0.434. The van der Waals surface area contributed by atoms with E-state index >= 15 is 0 Å². The van der Waals surface area contributed by atoms with Crippen molar-refractivity contribution in [2.45, 2.75) is 12.8 Å². The second-order valence-corrected chi connectivity index (χ2v) is 6.00. The second-order valence-electron chi connectivity index (χ2n) is 6.00. The summed E-state index contributed by atoms with van der Waals surface area (Å²) in [4.78, 5) is 4.65. The van der Waals surface area contributed by atoms with E-state index in [0.717, 1.165) is 18.4 Å². The Kier molecular flexibility index (Phi) is 2.39. The van der Waals surface area contributed by atoms with Gasteiger partial charge in [0.15, 0.2) is 0 Å². The normalized spacial score (nSPS) is 13.1. The fourth-order valence-electron chi connectivity index (χ4n) is 3.76. The zero-order valence-corrected chi connectivity index (χ0v) is 12.2. The molecule has 0 N–H and O–H groups in total. The summed E-state index contributed by atoms with van der Waals surface area (Å²) in [5, 5.41) is 3.95. The highest BCUT2D eigenvalue weighted by atomic mass is 14.7. The Labute approximate surface area is 129 Å². The lowest BCUT2D eigenvalue weighted by Crippen LogP contribution is -2.06. The minimum atomic E-state index is 1.08. The van der Waals surface area contributed by atoms with Crippen molar-refractivity contribution < 1.29 is 0 Å².